The Hall–Kier alpha value is -1.00. The number of benzene rings is 1. The van der Waals surface area contributed by atoms with Crippen molar-refractivity contribution in [2.45, 2.75) is 51.2 Å². The van der Waals surface area contributed by atoms with E-state index in [1.807, 2.05) is 6.92 Å². The second kappa shape index (κ2) is 7.70. The Morgan fingerprint density at radius 2 is 2.00 bits per heavy atom. The minimum Gasteiger partial charge on any atom is -0.377 e. The molecule has 0 bridgehead atoms. The molecule has 1 aliphatic rings. The quantitative estimate of drug-likeness (QED) is 0.798. The Morgan fingerprint density at radius 3 is 2.75 bits per heavy atom. The van der Waals surface area contributed by atoms with Crippen molar-refractivity contribution in [1.29, 1.82) is 0 Å². The van der Waals surface area contributed by atoms with E-state index in [9.17, 15) is 8.78 Å². The SMILES string of the molecule is CC(NCCOC1CCCCC1)c1cc(F)ccc1F. The lowest BCUT2D eigenvalue weighted by molar-refractivity contribution is 0.0295. The lowest BCUT2D eigenvalue weighted by Gasteiger charge is -2.22. The molecule has 0 heterocycles. The van der Waals surface area contributed by atoms with Crippen molar-refractivity contribution < 1.29 is 13.5 Å². The number of halogens is 2. The molecule has 1 atom stereocenters. The Bertz CT molecular complexity index is 419. The van der Waals surface area contributed by atoms with Crippen molar-refractivity contribution in [3.8, 4) is 0 Å². The molecule has 0 radical (unpaired) electrons. The summed E-state index contributed by atoms with van der Waals surface area (Å²) in [5.74, 6) is -0.784. The maximum Gasteiger partial charge on any atom is 0.128 e. The minimum atomic E-state index is -0.409. The van der Waals surface area contributed by atoms with Crippen molar-refractivity contribution >= 4 is 0 Å². The van der Waals surface area contributed by atoms with Crippen LogP contribution in [0, 0.1) is 11.6 Å². The molecular weight excluding hydrogens is 260 g/mol. The molecule has 0 saturated heterocycles. The topological polar surface area (TPSA) is 21.3 Å². The molecule has 2 rings (SSSR count). The fraction of sp³-hybridized carbons (Fsp3) is 0.625. The van der Waals surface area contributed by atoms with Gasteiger partial charge in [-0.05, 0) is 38.0 Å². The summed E-state index contributed by atoms with van der Waals surface area (Å²) in [6, 6.07) is 3.33. The molecule has 4 heteroatoms. The van der Waals surface area contributed by atoms with Crippen LogP contribution in [-0.2, 0) is 4.74 Å². The third-order valence-electron chi connectivity index (χ3n) is 3.88. The average Bonchev–Trinajstić information content (AvgIpc) is 2.47. The smallest absolute Gasteiger partial charge is 0.128 e. The monoisotopic (exact) mass is 283 g/mol. The van der Waals surface area contributed by atoms with E-state index in [0.717, 1.165) is 18.9 Å². The summed E-state index contributed by atoms with van der Waals surface area (Å²) < 4.78 is 32.5. The van der Waals surface area contributed by atoms with Crippen molar-refractivity contribution in [3.05, 3.63) is 35.4 Å². The van der Waals surface area contributed by atoms with Crippen molar-refractivity contribution in [2.24, 2.45) is 0 Å². The van der Waals surface area contributed by atoms with E-state index in [-0.39, 0.29) is 11.9 Å². The zero-order valence-electron chi connectivity index (χ0n) is 12.0. The largest absolute Gasteiger partial charge is 0.377 e. The second-order valence-corrected chi connectivity index (χ2v) is 5.47. The molecule has 1 aromatic rings. The van der Waals surface area contributed by atoms with Crippen molar-refractivity contribution in [1.82, 2.24) is 5.32 Å². The van der Waals surface area contributed by atoms with Crippen LogP contribution in [0.25, 0.3) is 0 Å². The van der Waals surface area contributed by atoms with Crippen LogP contribution >= 0.6 is 0 Å². The van der Waals surface area contributed by atoms with Gasteiger partial charge in [-0.15, -0.1) is 0 Å². The highest BCUT2D eigenvalue weighted by atomic mass is 19.1. The molecule has 20 heavy (non-hydrogen) atoms. The van der Waals surface area contributed by atoms with E-state index >= 15 is 0 Å². The van der Waals surface area contributed by atoms with Gasteiger partial charge < -0.3 is 10.1 Å². The van der Waals surface area contributed by atoms with Crippen LogP contribution in [0.3, 0.4) is 0 Å². The number of nitrogens with one attached hydrogen (secondary N) is 1. The predicted molar refractivity (Wildman–Crippen MR) is 75.6 cm³/mol. The van der Waals surface area contributed by atoms with Crippen LogP contribution in [0.15, 0.2) is 18.2 Å². The molecule has 1 saturated carbocycles. The van der Waals surface area contributed by atoms with Crippen LogP contribution in [0.2, 0.25) is 0 Å². The van der Waals surface area contributed by atoms with E-state index < -0.39 is 5.82 Å². The van der Waals surface area contributed by atoms with Gasteiger partial charge in [-0.25, -0.2) is 8.78 Å². The highest BCUT2D eigenvalue weighted by Gasteiger charge is 2.14. The zero-order chi connectivity index (χ0) is 14.4. The van der Waals surface area contributed by atoms with E-state index in [1.165, 1.54) is 31.4 Å². The predicted octanol–water partition coefficient (Wildman–Crippen LogP) is 3.96. The second-order valence-electron chi connectivity index (χ2n) is 5.47. The fourth-order valence-electron chi connectivity index (χ4n) is 2.69. The van der Waals surface area contributed by atoms with Crippen LogP contribution < -0.4 is 5.32 Å². The minimum absolute atomic E-state index is 0.222. The maximum absolute atomic E-state index is 13.6. The Balaban J connectivity index is 1.71. The van der Waals surface area contributed by atoms with E-state index in [1.54, 1.807) is 0 Å². The third kappa shape index (κ3) is 4.53. The van der Waals surface area contributed by atoms with Gasteiger partial charge in [0.1, 0.15) is 11.6 Å². The molecule has 2 nitrogen and oxygen atoms in total. The van der Waals surface area contributed by atoms with Gasteiger partial charge in [-0.2, -0.15) is 0 Å². The summed E-state index contributed by atoms with van der Waals surface area (Å²) in [4.78, 5) is 0. The van der Waals surface area contributed by atoms with E-state index in [4.69, 9.17) is 4.74 Å². The van der Waals surface area contributed by atoms with Gasteiger partial charge in [0.15, 0.2) is 0 Å². The molecule has 0 spiro atoms. The normalized spacial score (nSPS) is 18.1. The molecule has 0 amide bonds. The van der Waals surface area contributed by atoms with Crippen LogP contribution in [0.5, 0.6) is 0 Å². The summed E-state index contributed by atoms with van der Waals surface area (Å²) in [5, 5.41) is 3.17. The third-order valence-corrected chi connectivity index (χ3v) is 3.88. The Labute approximate surface area is 119 Å². The van der Waals surface area contributed by atoms with Gasteiger partial charge in [-0.1, -0.05) is 19.3 Å². The molecular formula is C16H23F2NO. The number of rotatable bonds is 6. The molecule has 1 unspecified atom stereocenters. The summed E-state index contributed by atoms with van der Waals surface area (Å²) in [5.41, 5.74) is 0.364. The highest BCUT2D eigenvalue weighted by molar-refractivity contribution is 5.21. The van der Waals surface area contributed by atoms with Crippen LogP contribution in [0.4, 0.5) is 8.78 Å². The van der Waals surface area contributed by atoms with E-state index in [2.05, 4.69) is 5.32 Å². The molecule has 1 aromatic carbocycles. The molecule has 112 valence electrons. The van der Waals surface area contributed by atoms with Crippen LogP contribution in [-0.4, -0.2) is 19.3 Å². The van der Waals surface area contributed by atoms with Gasteiger partial charge in [0, 0.05) is 18.2 Å². The number of hydrogen-bond donors (Lipinski definition) is 1. The first-order valence-electron chi connectivity index (χ1n) is 7.47. The first kappa shape index (κ1) is 15.4. The molecule has 1 aliphatic carbocycles. The van der Waals surface area contributed by atoms with Gasteiger partial charge in [-0.3, -0.25) is 0 Å². The lowest BCUT2D eigenvalue weighted by Crippen LogP contribution is -2.27. The maximum atomic E-state index is 13.6. The Morgan fingerprint density at radius 1 is 1.25 bits per heavy atom. The molecule has 0 aliphatic heterocycles. The fourth-order valence-corrected chi connectivity index (χ4v) is 2.69. The molecule has 1 N–H and O–H groups in total. The van der Waals surface area contributed by atoms with Gasteiger partial charge in [0.25, 0.3) is 0 Å². The van der Waals surface area contributed by atoms with Gasteiger partial charge in [0.05, 0.1) is 12.7 Å². The lowest BCUT2D eigenvalue weighted by atomic mass is 9.98. The van der Waals surface area contributed by atoms with Crippen molar-refractivity contribution in [2.75, 3.05) is 13.2 Å². The standard InChI is InChI=1S/C16H23F2NO/c1-12(15-11-13(17)7-8-16(15)18)19-9-10-20-14-5-3-2-4-6-14/h7-8,11-12,14,19H,2-6,9-10H2,1H3. The number of hydrogen-bond acceptors (Lipinski definition) is 2. The zero-order valence-corrected chi connectivity index (χ0v) is 12.0. The highest BCUT2D eigenvalue weighted by Crippen LogP contribution is 2.20. The first-order valence-corrected chi connectivity index (χ1v) is 7.47. The van der Waals surface area contributed by atoms with Gasteiger partial charge >= 0.3 is 0 Å². The summed E-state index contributed by atoms with van der Waals surface area (Å²) in [7, 11) is 0. The van der Waals surface area contributed by atoms with Gasteiger partial charge in [0.2, 0.25) is 0 Å². The summed E-state index contributed by atoms with van der Waals surface area (Å²) in [6.07, 6.45) is 6.49. The Kier molecular flexibility index (Phi) is 5.92. The van der Waals surface area contributed by atoms with E-state index in [0.29, 0.717) is 24.8 Å². The van der Waals surface area contributed by atoms with Crippen molar-refractivity contribution in [3.63, 3.8) is 0 Å². The first-order chi connectivity index (χ1) is 9.66. The van der Waals surface area contributed by atoms with Crippen LogP contribution in [0.1, 0.15) is 50.6 Å². The molecule has 1 fully saturated rings. The summed E-state index contributed by atoms with van der Waals surface area (Å²) in [6.45, 7) is 3.10. The molecule has 0 aromatic heterocycles. The average molecular weight is 283 g/mol. The number of ether oxygens (including phenoxy) is 1. The summed E-state index contributed by atoms with van der Waals surface area (Å²) >= 11 is 0.